The van der Waals surface area contributed by atoms with E-state index >= 15 is 0 Å². The smallest absolute Gasteiger partial charge is 0.256 e. The lowest BCUT2D eigenvalue weighted by atomic mass is 10.0. The van der Waals surface area contributed by atoms with E-state index < -0.39 is 0 Å². The highest BCUT2D eigenvalue weighted by atomic mass is 32.1. The Hall–Kier alpha value is -3.03. The molecule has 0 bridgehead atoms. The van der Waals surface area contributed by atoms with Gasteiger partial charge in [-0.15, -0.1) is 11.3 Å². The number of carbonyl (C=O) groups is 1. The van der Waals surface area contributed by atoms with Gasteiger partial charge in [0.2, 0.25) is 0 Å². The first-order valence-electron chi connectivity index (χ1n) is 10.9. The highest BCUT2D eigenvalue weighted by Gasteiger charge is 2.33. The molecule has 7 heteroatoms. The summed E-state index contributed by atoms with van der Waals surface area (Å²) in [5, 5.41) is 7.62. The number of fused-ring (bicyclic) bond motifs is 3. The second-order valence-corrected chi connectivity index (χ2v) is 9.17. The minimum absolute atomic E-state index is 0.00503. The predicted molar refractivity (Wildman–Crippen MR) is 127 cm³/mol. The molecule has 1 amide bonds. The van der Waals surface area contributed by atoms with Gasteiger partial charge in [-0.1, -0.05) is 43.3 Å². The molecular formula is C25H27N3O3S. The van der Waals surface area contributed by atoms with Crippen LogP contribution < -0.4 is 20.1 Å². The van der Waals surface area contributed by atoms with Gasteiger partial charge in [-0.2, -0.15) is 0 Å². The summed E-state index contributed by atoms with van der Waals surface area (Å²) in [6, 6.07) is 15.8. The standard InChI is InChI=1S/C25H27N3O3S/c1-3-28-12-11-18-21(14-28)32-25-22(18)24(29)26-23(27-25)17-9-10-19(20(13-17)30-2)31-15-16-7-5-4-6-8-16/h4-10,13,23,27H,3,11-12,14-15H2,1-2H3,(H,26,29)/t23-/m1/s1. The van der Waals surface area contributed by atoms with Gasteiger partial charge in [0.05, 0.1) is 12.7 Å². The first-order valence-corrected chi connectivity index (χ1v) is 11.8. The molecular weight excluding hydrogens is 422 g/mol. The second kappa shape index (κ2) is 8.84. The molecule has 5 rings (SSSR count). The Morgan fingerprint density at radius 3 is 2.75 bits per heavy atom. The minimum Gasteiger partial charge on any atom is -0.493 e. The van der Waals surface area contributed by atoms with Crippen molar-refractivity contribution in [1.29, 1.82) is 0 Å². The van der Waals surface area contributed by atoms with E-state index in [9.17, 15) is 4.79 Å². The van der Waals surface area contributed by atoms with Gasteiger partial charge in [0.15, 0.2) is 11.5 Å². The number of hydrogen-bond acceptors (Lipinski definition) is 6. The average Bonchev–Trinajstić information content (AvgIpc) is 3.21. The van der Waals surface area contributed by atoms with Crippen LogP contribution in [-0.2, 0) is 19.6 Å². The zero-order valence-electron chi connectivity index (χ0n) is 18.3. The SMILES string of the molecule is CCN1CCc2c(sc3c2C(=O)N[C@@H](c2ccc(OCc4ccccc4)c(OC)c2)N3)C1. The van der Waals surface area contributed by atoms with Crippen LogP contribution in [0.3, 0.4) is 0 Å². The van der Waals surface area contributed by atoms with Crippen LogP contribution in [0.25, 0.3) is 0 Å². The molecule has 3 heterocycles. The van der Waals surface area contributed by atoms with Crippen molar-refractivity contribution in [1.82, 2.24) is 10.2 Å². The number of nitrogens with one attached hydrogen (secondary N) is 2. The van der Waals surface area contributed by atoms with Gasteiger partial charge in [-0.05, 0) is 41.8 Å². The summed E-state index contributed by atoms with van der Waals surface area (Å²) in [5.74, 6) is 1.31. The molecule has 0 saturated carbocycles. The van der Waals surface area contributed by atoms with E-state index in [0.29, 0.717) is 18.1 Å². The third-order valence-corrected chi connectivity index (χ3v) is 7.27. The molecule has 0 fully saturated rings. The van der Waals surface area contributed by atoms with E-state index in [0.717, 1.165) is 47.7 Å². The Kier molecular flexibility index (Phi) is 5.76. The molecule has 2 aromatic carbocycles. The normalized spacial score (nSPS) is 17.7. The van der Waals surface area contributed by atoms with E-state index in [-0.39, 0.29) is 12.1 Å². The maximum Gasteiger partial charge on any atom is 0.256 e. The Balaban J connectivity index is 1.35. The van der Waals surface area contributed by atoms with Crippen LogP contribution in [0, 0.1) is 0 Å². The van der Waals surface area contributed by atoms with E-state index in [4.69, 9.17) is 9.47 Å². The number of ether oxygens (including phenoxy) is 2. The number of nitrogens with zero attached hydrogens (tertiary/aromatic N) is 1. The molecule has 32 heavy (non-hydrogen) atoms. The van der Waals surface area contributed by atoms with E-state index in [2.05, 4.69) is 22.5 Å². The summed E-state index contributed by atoms with van der Waals surface area (Å²) in [4.78, 5) is 16.7. The first kappa shape index (κ1) is 20.8. The van der Waals surface area contributed by atoms with Crippen molar-refractivity contribution in [2.75, 3.05) is 25.5 Å². The first-order chi connectivity index (χ1) is 15.7. The second-order valence-electron chi connectivity index (χ2n) is 8.06. The fourth-order valence-corrected chi connectivity index (χ4v) is 5.64. The van der Waals surface area contributed by atoms with Crippen molar-refractivity contribution in [3.05, 3.63) is 75.7 Å². The Labute approximate surface area is 192 Å². The predicted octanol–water partition coefficient (Wildman–Crippen LogP) is 4.57. The molecule has 1 atom stereocenters. The average molecular weight is 450 g/mol. The third-order valence-electron chi connectivity index (χ3n) is 6.12. The molecule has 166 valence electrons. The molecule has 3 aromatic rings. The van der Waals surface area contributed by atoms with E-state index in [1.165, 1.54) is 10.4 Å². The number of methoxy groups -OCH3 is 1. The van der Waals surface area contributed by atoms with Crippen LogP contribution in [0.1, 0.15) is 45.0 Å². The van der Waals surface area contributed by atoms with Crippen LogP contribution in [0.4, 0.5) is 5.00 Å². The lowest BCUT2D eigenvalue weighted by Gasteiger charge is -2.28. The fraction of sp³-hybridized carbons (Fsp3) is 0.320. The van der Waals surface area contributed by atoms with Gasteiger partial charge >= 0.3 is 0 Å². The van der Waals surface area contributed by atoms with Crippen molar-refractivity contribution in [2.24, 2.45) is 0 Å². The number of hydrogen-bond donors (Lipinski definition) is 2. The van der Waals surface area contributed by atoms with Crippen molar-refractivity contribution in [3.8, 4) is 11.5 Å². The maximum atomic E-state index is 13.0. The Morgan fingerprint density at radius 2 is 1.97 bits per heavy atom. The Bertz CT molecular complexity index is 1130. The fourth-order valence-electron chi connectivity index (χ4n) is 4.32. The van der Waals surface area contributed by atoms with Crippen LogP contribution in [0.15, 0.2) is 48.5 Å². The van der Waals surface area contributed by atoms with Gasteiger partial charge in [0, 0.05) is 18.0 Å². The molecule has 2 N–H and O–H groups in total. The molecule has 1 aromatic heterocycles. The quantitative estimate of drug-likeness (QED) is 0.577. The molecule has 2 aliphatic heterocycles. The zero-order chi connectivity index (χ0) is 22.1. The summed E-state index contributed by atoms with van der Waals surface area (Å²) < 4.78 is 11.6. The summed E-state index contributed by atoms with van der Waals surface area (Å²) >= 11 is 1.71. The van der Waals surface area contributed by atoms with E-state index in [1.807, 2.05) is 48.5 Å². The number of carbonyl (C=O) groups excluding carboxylic acids is 1. The molecule has 2 aliphatic rings. The number of anilines is 1. The maximum absolute atomic E-state index is 13.0. The summed E-state index contributed by atoms with van der Waals surface area (Å²) in [6.45, 7) is 5.60. The molecule has 0 saturated heterocycles. The molecule has 0 spiro atoms. The van der Waals surface area contributed by atoms with Gasteiger partial charge in [0.1, 0.15) is 17.8 Å². The molecule has 0 unspecified atom stereocenters. The number of amides is 1. The highest BCUT2D eigenvalue weighted by Crippen LogP contribution is 2.41. The monoisotopic (exact) mass is 449 g/mol. The van der Waals surface area contributed by atoms with Crippen LogP contribution >= 0.6 is 11.3 Å². The third kappa shape index (κ3) is 3.94. The topological polar surface area (TPSA) is 62.8 Å². The van der Waals surface area contributed by atoms with Crippen LogP contribution in [0.5, 0.6) is 11.5 Å². The number of rotatable bonds is 6. The molecule has 0 aliphatic carbocycles. The van der Waals surface area contributed by atoms with Crippen LogP contribution in [-0.4, -0.2) is 31.0 Å². The highest BCUT2D eigenvalue weighted by molar-refractivity contribution is 7.16. The van der Waals surface area contributed by atoms with Crippen molar-refractivity contribution >= 4 is 22.2 Å². The zero-order valence-corrected chi connectivity index (χ0v) is 19.1. The summed E-state index contributed by atoms with van der Waals surface area (Å²) in [7, 11) is 1.63. The van der Waals surface area contributed by atoms with Crippen molar-refractivity contribution < 1.29 is 14.3 Å². The number of likely N-dealkylation sites (N-methyl/N-ethyl adjacent to an activating group) is 1. The van der Waals surface area contributed by atoms with Crippen LogP contribution in [0.2, 0.25) is 0 Å². The molecule has 6 nitrogen and oxygen atoms in total. The Morgan fingerprint density at radius 1 is 1.12 bits per heavy atom. The number of thiophene rings is 1. The van der Waals surface area contributed by atoms with Crippen molar-refractivity contribution in [2.45, 2.75) is 32.7 Å². The van der Waals surface area contributed by atoms with Crippen molar-refractivity contribution in [3.63, 3.8) is 0 Å². The van der Waals surface area contributed by atoms with Gasteiger partial charge in [-0.25, -0.2) is 0 Å². The summed E-state index contributed by atoms with van der Waals surface area (Å²) in [6.07, 6.45) is 0.616. The van der Waals surface area contributed by atoms with E-state index in [1.54, 1.807) is 18.4 Å². The summed E-state index contributed by atoms with van der Waals surface area (Å²) in [5.41, 5.74) is 4.05. The largest absolute Gasteiger partial charge is 0.493 e. The lowest BCUT2D eigenvalue weighted by Crippen LogP contribution is -2.38. The minimum atomic E-state index is -0.311. The lowest BCUT2D eigenvalue weighted by molar-refractivity contribution is 0.0934. The van der Waals surface area contributed by atoms with Gasteiger partial charge in [0.25, 0.3) is 5.91 Å². The number of benzene rings is 2. The van der Waals surface area contributed by atoms with Gasteiger partial charge in [-0.3, -0.25) is 9.69 Å². The molecule has 0 radical (unpaired) electrons. The van der Waals surface area contributed by atoms with Gasteiger partial charge < -0.3 is 20.1 Å².